The maximum absolute atomic E-state index is 11.7. The largest absolute Gasteiger partial charge is 0.478 e. The van der Waals surface area contributed by atoms with E-state index >= 15 is 0 Å². The molecular weight excluding hydrogens is 242 g/mol. The normalized spacial score (nSPS) is 17.4. The van der Waals surface area contributed by atoms with Crippen LogP contribution in [0.2, 0.25) is 0 Å². The molecule has 1 atom stereocenters. The molecule has 4 nitrogen and oxygen atoms in total. The van der Waals surface area contributed by atoms with Gasteiger partial charge in [0, 0.05) is 13.0 Å². The summed E-state index contributed by atoms with van der Waals surface area (Å²) in [6, 6.07) is 6.53. The zero-order valence-electron chi connectivity index (χ0n) is 10.6. The monoisotopic (exact) mass is 259 g/mol. The number of aromatic carboxylic acids is 1. The second kappa shape index (κ2) is 6.18. The Morgan fingerprint density at radius 1 is 1.26 bits per heavy atom. The van der Waals surface area contributed by atoms with Crippen LogP contribution >= 0.6 is 0 Å². The highest BCUT2D eigenvalue weighted by atomic mass is 16.4. The molecule has 0 saturated heterocycles. The van der Waals surface area contributed by atoms with Crippen LogP contribution in [0.15, 0.2) is 36.4 Å². The van der Waals surface area contributed by atoms with E-state index in [1.54, 1.807) is 24.3 Å². The molecule has 1 amide bonds. The van der Waals surface area contributed by atoms with Gasteiger partial charge >= 0.3 is 5.97 Å². The predicted molar refractivity (Wildman–Crippen MR) is 71.7 cm³/mol. The lowest BCUT2D eigenvalue weighted by molar-refractivity contribution is -0.121. The number of benzene rings is 1. The van der Waals surface area contributed by atoms with Crippen LogP contribution in [0.3, 0.4) is 0 Å². The lowest BCUT2D eigenvalue weighted by atomic mass is 10.0. The number of nitrogens with one attached hydrogen (secondary N) is 1. The number of carboxylic acids is 1. The maximum atomic E-state index is 11.7. The second-order valence-corrected chi connectivity index (χ2v) is 4.75. The summed E-state index contributed by atoms with van der Waals surface area (Å²) in [6.07, 6.45) is 6.86. The lowest BCUT2D eigenvalue weighted by Gasteiger charge is -2.09. The fourth-order valence-electron chi connectivity index (χ4n) is 2.14. The standard InChI is InChI=1S/C15H17NO3/c17-14(9-11-3-1-2-4-11)16-10-12-5-7-13(8-6-12)15(18)19/h1,3,5-8,11H,2,4,9-10H2,(H,16,17)(H,18,19). The number of carbonyl (C=O) groups is 2. The maximum Gasteiger partial charge on any atom is 0.335 e. The minimum atomic E-state index is -0.941. The smallest absolute Gasteiger partial charge is 0.335 e. The fraction of sp³-hybridized carbons (Fsp3) is 0.333. The zero-order valence-corrected chi connectivity index (χ0v) is 10.6. The van der Waals surface area contributed by atoms with E-state index in [-0.39, 0.29) is 11.5 Å². The Hall–Kier alpha value is -2.10. The highest BCUT2D eigenvalue weighted by Gasteiger charge is 2.13. The first-order chi connectivity index (χ1) is 9.15. The van der Waals surface area contributed by atoms with Crippen molar-refractivity contribution >= 4 is 11.9 Å². The van der Waals surface area contributed by atoms with Crippen molar-refractivity contribution in [1.82, 2.24) is 5.32 Å². The Morgan fingerprint density at radius 2 is 2.00 bits per heavy atom. The van der Waals surface area contributed by atoms with Crippen molar-refractivity contribution in [2.75, 3.05) is 0 Å². The van der Waals surface area contributed by atoms with Gasteiger partial charge < -0.3 is 10.4 Å². The molecule has 1 aromatic rings. The van der Waals surface area contributed by atoms with Crippen LogP contribution in [0.4, 0.5) is 0 Å². The summed E-state index contributed by atoms with van der Waals surface area (Å²) in [5.74, 6) is -0.531. The molecule has 1 unspecified atom stereocenters. The molecule has 0 spiro atoms. The van der Waals surface area contributed by atoms with E-state index in [9.17, 15) is 9.59 Å². The third-order valence-corrected chi connectivity index (χ3v) is 3.25. The van der Waals surface area contributed by atoms with Crippen molar-refractivity contribution in [1.29, 1.82) is 0 Å². The van der Waals surface area contributed by atoms with Gasteiger partial charge in [-0.15, -0.1) is 0 Å². The molecule has 4 heteroatoms. The van der Waals surface area contributed by atoms with Crippen LogP contribution in [0, 0.1) is 5.92 Å². The molecule has 2 rings (SSSR count). The van der Waals surface area contributed by atoms with Gasteiger partial charge in [0.05, 0.1) is 5.56 Å². The van der Waals surface area contributed by atoms with Crippen molar-refractivity contribution in [2.45, 2.75) is 25.8 Å². The van der Waals surface area contributed by atoms with E-state index in [0.29, 0.717) is 18.9 Å². The summed E-state index contributed by atoms with van der Waals surface area (Å²) < 4.78 is 0. The summed E-state index contributed by atoms with van der Waals surface area (Å²) in [5, 5.41) is 11.6. The van der Waals surface area contributed by atoms with Crippen molar-refractivity contribution in [2.24, 2.45) is 5.92 Å². The molecule has 1 aliphatic rings. The highest BCUT2D eigenvalue weighted by molar-refractivity contribution is 5.87. The predicted octanol–water partition coefficient (Wildman–Crippen LogP) is 2.36. The van der Waals surface area contributed by atoms with Crippen molar-refractivity contribution in [3.05, 3.63) is 47.5 Å². The minimum Gasteiger partial charge on any atom is -0.478 e. The summed E-state index contributed by atoms with van der Waals surface area (Å²) >= 11 is 0. The molecule has 1 aliphatic carbocycles. The quantitative estimate of drug-likeness (QED) is 0.798. The van der Waals surface area contributed by atoms with Gasteiger partial charge in [-0.3, -0.25) is 4.79 Å². The van der Waals surface area contributed by atoms with Gasteiger partial charge in [-0.05, 0) is 36.5 Å². The summed E-state index contributed by atoms with van der Waals surface area (Å²) in [7, 11) is 0. The topological polar surface area (TPSA) is 66.4 Å². The molecule has 0 aliphatic heterocycles. The Kier molecular flexibility index (Phi) is 4.34. The first kappa shape index (κ1) is 13.3. The molecule has 1 aromatic carbocycles. The molecule has 0 saturated carbocycles. The van der Waals surface area contributed by atoms with E-state index < -0.39 is 5.97 Å². The SMILES string of the molecule is O=C(CC1C=CCC1)NCc1ccc(C(=O)O)cc1. The molecule has 0 bridgehead atoms. The number of hydrogen-bond donors (Lipinski definition) is 2. The van der Waals surface area contributed by atoms with Gasteiger partial charge in [-0.1, -0.05) is 24.3 Å². The third kappa shape index (κ3) is 3.95. The number of allylic oxidation sites excluding steroid dienone is 2. The van der Waals surface area contributed by atoms with E-state index in [1.807, 2.05) is 0 Å². The van der Waals surface area contributed by atoms with Crippen LogP contribution in [0.25, 0.3) is 0 Å². The van der Waals surface area contributed by atoms with Crippen LogP contribution in [0.5, 0.6) is 0 Å². The average molecular weight is 259 g/mol. The summed E-state index contributed by atoms with van der Waals surface area (Å²) in [5.41, 5.74) is 1.16. The van der Waals surface area contributed by atoms with Gasteiger partial charge in [-0.2, -0.15) is 0 Å². The first-order valence-electron chi connectivity index (χ1n) is 6.41. The fourth-order valence-corrected chi connectivity index (χ4v) is 2.14. The molecule has 19 heavy (non-hydrogen) atoms. The molecule has 2 N–H and O–H groups in total. The Bertz CT molecular complexity index is 491. The van der Waals surface area contributed by atoms with Crippen LogP contribution in [0.1, 0.15) is 35.2 Å². The van der Waals surface area contributed by atoms with Gasteiger partial charge in [-0.25, -0.2) is 4.79 Å². The zero-order chi connectivity index (χ0) is 13.7. The molecule has 0 radical (unpaired) electrons. The summed E-state index contributed by atoms with van der Waals surface area (Å²) in [4.78, 5) is 22.4. The van der Waals surface area contributed by atoms with Gasteiger partial charge in [0.2, 0.25) is 5.91 Å². The van der Waals surface area contributed by atoms with E-state index in [0.717, 1.165) is 18.4 Å². The number of carboxylic acid groups (broad SMARTS) is 1. The Labute approximate surface area is 112 Å². The molecule has 0 heterocycles. The first-order valence-corrected chi connectivity index (χ1v) is 6.41. The van der Waals surface area contributed by atoms with E-state index in [2.05, 4.69) is 17.5 Å². The number of amides is 1. The molecule has 100 valence electrons. The third-order valence-electron chi connectivity index (χ3n) is 3.25. The van der Waals surface area contributed by atoms with E-state index in [1.165, 1.54) is 0 Å². The van der Waals surface area contributed by atoms with Crippen LogP contribution in [-0.4, -0.2) is 17.0 Å². The lowest BCUT2D eigenvalue weighted by Crippen LogP contribution is -2.24. The highest BCUT2D eigenvalue weighted by Crippen LogP contribution is 2.20. The van der Waals surface area contributed by atoms with Gasteiger partial charge in [0.1, 0.15) is 0 Å². The minimum absolute atomic E-state index is 0.0406. The number of carbonyl (C=O) groups excluding carboxylic acids is 1. The van der Waals surface area contributed by atoms with E-state index in [4.69, 9.17) is 5.11 Å². The van der Waals surface area contributed by atoms with Crippen molar-refractivity contribution < 1.29 is 14.7 Å². The van der Waals surface area contributed by atoms with Crippen molar-refractivity contribution in [3.63, 3.8) is 0 Å². The van der Waals surface area contributed by atoms with Gasteiger partial charge in [0.15, 0.2) is 0 Å². The Balaban J connectivity index is 1.79. The molecule has 0 aromatic heterocycles. The number of rotatable bonds is 5. The second-order valence-electron chi connectivity index (χ2n) is 4.75. The van der Waals surface area contributed by atoms with Crippen LogP contribution in [-0.2, 0) is 11.3 Å². The van der Waals surface area contributed by atoms with Gasteiger partial charge in [0.25, 0.3) is 0 Å². The molecule has 0 fully saturated rings. The van der Waals surface area contributed by atoms with Crippen LogP contribution < -0.4 is 5.32 Å². The summed E-state index contributed by atoms with van der Waals surface area (Å²) in [6.45, 7) is 0.440. The molecular formula is C15H17NO3. The van der Waals surface area contributed by atoms with Crippen molar-refractivity contribution in [3.8, 4) is 0 Å². The average Bonchev–Trinajstić information content (AvgIpc) is 2.89. The number of hydrogen-bond acceptors (Lipinski definition) is 2. The Morgan fingerprint density at radius 3 is 2.58 bits per heavy atom.